The molecule has 2 atom stereocenters. The van der Waals surface area contributed by atoms with Crippen LogP contribution in [0.3, 0.4) is 0 Å². The average Bonchev–Trinajstić information content (AvgIpc) is 2.08. The molecule has 0 unspecified atom stereocenters. The first kappa shape index (κ1) is 10.6. The van der Waals surface area contributed by atoms with Crippen LogP contribution >= 0.6 is 0 Å². The minimum absolute atomic E-state index is 0.374. The smallest absolute Gasteiger partial charge is 0.294 e. The largest absolute Gasteiger partial charge is 0.393 e. The van der Waals surface area contributed by atoms with Crippen LogP contribution in [0.1, 0.15) is 6.92 Å². The molecule has 0 aromatic heterocycles. The lowest BCUT2D eigenvalue weighted by atomic mass is 10.1. The molecule has 1 aliphatic rings. The highest BCUT2D eigenvalue weighted by Gasteiger charge is 2.41. The fraction of sp³-hybridized carbons (Fsp3) is 0.750. The Morgan fingerprint density at radius 3 is 2.85 bits per heavy atom. The summed E-state index contributed by atoms with van der Waals surface area (Å²) in [4.78, 5) is 0. The lowest BCUT2D eigenvalue weighted by Gasteiger charge is -2.30. The van der Waals surface area contributed by atoms with Gasteiger partial charge in [-0.05, 0) is 19.1 Å². The summed E-state index contributed by atoms with van der Waals surface area (Å²) in [6.07, 6.45) is -0.427. The van der Waals surface area contributed by atoms with E-state index in [4.69, 9.17) is 14.6 Å². The topological polar surface area (TPSA) is 38.7 Å². The van der Waals surface area contributed by atoms with Crippen molar-refractivity contribution in [2.45, 2.75) is 25.2 Å². The molecule has 0 saturated heterocycles. The highest BCUT2D eigenvalue weighted by molar-refractivity contribution is 5.05. The summed E-state index contributed by atoms with van der Waals surface area (Å²) in [6.45, 7) is 1.39. The molecule has 0 aromatic rings. The molecule has 1 rings (SSSR count). The van der Waals surface area contributed by atoms with Gasteiger partial charge < -0.3 is 14.6 Å². The standard InChI is InChI=1S/C8H12F2O3/c1-2-12-7-3-4-8(9,10)6(5-11)13-7/h3-4,6-7,11H,2,5H2,1H3/t6-,7-/m1/s1. The van der Waals surface area contributed by atoms with E-state index in [0.29, 0.717) is 12.7 Å². The first-order chi connectivity index (χ1) is 6.10. The summed E-state index contributed by atoms with van der Waals surface area (Å²) in [7, 11) is 0. The van der Waals surface area contributed by atoms with Gasteiger partial charge in [0, 0.05) is 6.61 Å². The Labute approximate surface area is 75.0 Å². The molecule has 0 aromatic carbocycles. The van der Waals surface area contributed by atoms with Crippen LogP contribution < -0.4 is 0 Å². The van der Waals surface area contributed by atoms with E-state index in [-0.39, 0.29) is 0 Å². The molecule has 0 bridgehead atoms. The average molecular weight is 194 g/mol. The van der Waals surface area contributed by atoms with Crippen molar-refractivity contribution in [1.82, 2.24) is 0 Å². The van der Waals surface area contributed by atoms with Crippen LogP contribution in [0.15, 0.2) is 12.2 Å². The molecule has 5 heteroatoms. The van der Waals surface area contributed by atoms with Gasteiger partial charge in [-0.2, -0.15) is 8.78 Å². The van der Waals surface area contributed by atoms with Gasteiger partial charge in [-0.25, -0.2) is 0 Å². The lowest BCUT2D eigenvalue weighted by molar-refractivity contribution is -0.216. The molecule has 1 N–H and O–H groups in total. The molecule has 0 radical (unpaired) electrons. The maximum Gasteiger partial charge on any atom is 0.294 e. The molecule has 1 heterocycles. The summed E-state index contributed by atoms with van der Waals surface area (Å²) in [5, 5.41) is 8.62. The van der Waals surface area contributed by atoms with Crippen molar-refractivity contribution >= 4 is 0 Å². The number of ether oxygens (including phenoxy) is 2. The van der Waals surface area contributed by atoms with E-state index in [1.54, 1.807) is 6.92 Å². The third-order valence-electron chi connectivity index (χ3n) is 1.70. The normalized spacial score (nSPS) is 32.0. The number of alkyl halides is 2. The third kappa shape index (κ3) is 2.46. The molecular weight excluding hydrogens is 182 g/mol. The predicted molar refractivity (Wildman–Crippen MR) is 41.5 cm³/mol. The van der Waals surface area contributed by atoms with Crippen LogP contribution in [0, 0.1) is 0 Å². The minimum Gasteiger partial charge on any atom is -0.393 e. The van der Waals surface area contributed by atoms with Crippen molar-refractivity contribution in [3.63, 3.8) is 0 Å². The van der Waals surface area contributed by atoms with Gasteiger partial charge in [0.2, 0.25) is 0 Å². The Kier molecular flexibility index (Phi) is 3.35. The quantitative estimate of drug-likeness (QED) is 0.679. The van der Waals surface area contributed by atoms with Crippen LogP contribution in [0.4, 0.5) is 8.78 Å². The Morgan fingerprint density at radius 2 is 2.31 bits per heavy atom. The van der Waals surface area contributed by atoms with E-state index in [0.717, 1.165) is 6.08 Å². The Balaban J connectivity index is 2.62. The van der Waals surface area contributed by atoms with E-state index >= 15 is 0 Å². The highest BCUT2D eigenvalue weighted by atomic mass is 19.3. The summed E-state index contributed by atoms with van der Waals surface area (Å²) in [6, 6.07) is 0. The highest BCUT2D eigenvalue weighted by Crippen LogP contribution is 2.28. The maximum absolute atomic E-state index is 12.9. The fourth-order valence-corrected chi connectivity index (χ4v) is 1.04. The Morgan fingerprint density at radius 1 is 1.62 bits per heavy atom. The fourth-order valence-electron chi connectivity index (χ4n) is 1.04. The second-order valence-electron chi connectivity index (χ2n) is 2.66. The molecule has 13 heavy (non-hydrogen) atoms. The van der Waals surface area contributed by atoms with Crippen LogP contribution in [-0.2, 0) is 9.47 Å². The maximum atomic E-state index is 12.9. The number of halogens is 2. The number of aliphatic hydroxyl groups is 1. The van der Waals surface area contributed by atoms with Crippen molar-refractivity contribution < 1.29 is 23.4 Å². The third-order valence-corrected chi connectivity index (χ3v) is 1.70. The SMILES string of the molecule is CCO[C@H]1C=CC(F)(F)[C@@H](CO)O1. The van der Waals surface area contributed by atoms with Gasteiger partial charge in [0.15, 0.2) is 12.4 Å². The molecule has 0 saturated carbocycles. The van der Waals surface area contributed by atoms with Gasteiger partial charge in [-0.15, -0.1) is 0 Å². The zero-order chi connectivity index (χ0) is 9.90. The molecule has 0 amide bonds. The van der Waals surface area contributed by atoms with Gasteiger partial charge in [0.05, 0.1) is 6.61 Å². The minimum atomic E-state index is -3.11. The monoisotopic (exact) mass is 194 g/mol. The molecule has 3 nitrogen and oxygen atoms in total. The summed E-state index contributed by atoms with van der Waals surface area (Å²) in [5.74, 6) is -3.11. The molecule has 76 valence electrons. The van der Waals surface area contributed by atoms with Gasteiger partial charge in [0.25, 0.3) is 5.92 Å². The second kappa shape index (κ2) is 4.13. The number of rotatable bonds is 3. The van der Waals surface area contributed by atoms with Crippen LogP contribution in [0.5, 0.6) is 0 Å². The van der Waals surface area contributed by atoms with Crippen LogP contribution in [0.25, 0.3) is 0 Å². The number of hydrogen-bond acceptors (Lipinski definition) is 3. The summed E-state index contributed by atoms with van der Waals surface area (Å²) >= 11 is 0. The predicted octanol–water partition coefficient (Wildman–Crippen LogP) is 0.932. The summed E-state index contributed by atoms with van der Waals surface area (Å²) < 4.78 is 35.4. The first-order valence-corrected chi connectivity index (χ1v) is 4.05. The molecule has 0 spiro atoms. The van der Waals surface area contributed by atoms with E-state index in [1.165, 1.54) is 0 Å². The van der Waals surface area contributed by atoms with E-state index in [2.05, 4.69) is 0 Å². The molecule has 0 aliphatic carbocycles. The van der Waals surface area contributed by atoms with Crippen molar-refractivity contribution in [2.75, 3.05) is 13.2 Å². The van der Waals surface area contributed by atoms with Gasteiger partial charge in [-0.3, -0.25) is 0 Å². The van der Waals surface area contributed by atoms with E-state index in [9.17, 15) is 8.78 Å². The van der Waals surface area contributed by atoms with Gasteiger partial charge in [-0.1, -0.05) is 0 Å². The zero-order valence-electron chi connectivity index (χ0n) is 7.24. The van der Waals surface area contributed by atoms with Gasteiger partial charge in [0.1, 0.15) is 0 Å². The van der Waals surface area contributed by atoms with Crippen molar-refractivity contribution in [3.8, 4) is 0 Å². The second-order valence-corrected chi connectivity index (χ2v) is 2.66. The van der Waals surface area contributed by atoms with Gasteiger partial charge >= 0.3 is 0 Å². The lowest BCUT2D eigenvalue weighted by Crippen LogP contribution is -2.43. The van der Waals surface area contributed by atoms with Crippen molar-refractivity contribution in [1.29, 1.82) is 0 Å². The number of hydrogen-bond donors (Lipinski definition) is 1. The van der Waals surface area contributed by atoms with E-state index in [1.807, 2.05) is 0 Å². The molecule has 0 fully saturated rings. The Hall–Kier alpha value is -0.520. The zero-order valence-corrected chi connectivity index (χ0v) is 7.24. The summed E-state index contributed by atoms with van der Waals surface area (Å²) in [5.41, 5.74) is 0. The first-order valence-electron chi connectivity index (χ1n) is 4.05. The Bertz CT molecular complexity index is 194. The molecular formula is C8H12F2O3. The van der Waals surface area contributed by atoms with Crippen molar-refractivity contribution in [3.05, 3.63) is 12.2 Å². The van der Waals surface area contributed by atoms with Crippen LogP contribution in [-0.4, -0.2) is 36.6 Å². The van der Waals surface area contributed by atoms with Crippen LogP contribution in [0.2, 0.25) is 0 Å². The molecule has 1 aliphatic heterocycles. The van der Waals surface area contributed by atoms with E-state index < -0.39 is 24.9 Å². The number of aliphatic hydroxyl groups excluding tert-OH is 1. The van der Waals surface area contributed by atoms with Crippen molar-refractivity contribution in [2.24, 2.45) is 0 Å².